The Kier molecular flexibility index (Phi) is 7.26. The van der Waals surface area contributed by atoms with Gasteiger partial charge in [-0.05, 0) is 49.8 Å². The van der Waals surface area contributed by atoms with E-state index in [4.69, 9.17) is 4.74 Å². The molecule has 160 valence electrons. The summed E-state index contributed by atoms with van der Waals surface area (Å²) in [5.41, 5.74) is 0.366. The van der Waals surface area contributed by atoms with E-state index in [0.29, 0.717) is 37.7 Å². The molecule has 2 aliphatic rings. The number of nitrogens with one attached hydrogen (secondary N) is 2. The molecule has 0 saturated carbocycles. The zero-order valence-electron chi connectivity index (χ0n) is 16.7. The Morgan fingerprint density at radius 1 is 1.17 bits per heavy atom. The molecule has 0 spiro atoms. The van der Waals surface area contributed by atoms with Crippen LogP contribution in [-0.4, -0.2) is 64.0 Å². The highest BCUT2D eigenvalue weighted by molar-refractivity contribution is 7.89. The van der Waals surface area contributed by atoms with Crippen LogP contribution in [-0.2, 0) is 19.6 Å². The number of carbonyl (C=O) groups is 2. The summed E-state index contributed by atoms with van der Waals surface area (Å²) in [6, 6.07) is 6.17. The molecule has 2 aliphatic heterocycles. The number of likely N-dealkylation sites (tertiary alicyclic amines) is 1. The van der Waals surface area contributed by atoms with E-state index >= 15 is 0 Å². The van der Waals surface area contributed by atoms with Gasteiger partial charge in [0.15, 0.2) is 0 Å². The lowest BCUT2D eigenvalue weighted by molar-refractivity contribution is -0.119. The average molecular weight is 424 g/mol. The summed E-state index contributed by atoms with van der Waals surface area (Å²) in [4.78, 5) is 25.7. The molecule has 0 radical (unpaired) electrons. The SMILES string of the molecule is CC(=O)NCC1CCN(C(=O)c2cccc(S(=O)(=O)NCC3CCCO3)c2)CC1. The normalized spacial score (nSPS) is 20.6. The van der Waals surface area contributed by atoms with Crippen LogP contribution < -0.4 is 10.0 Å². The van der Waals surface area contributed by atoms with Gasteiger partial charge in [-0.3, -0.25) is 9.59 Å². The number of amides is 2. The third kappa shape index (κ3) is 6.01. The van der Waals surface area contributed by atoms with E-state index in [0.717, 1.165) is 25.7 Å². The van der Waals surface area contributed by atoms with Crippen LogP contribution in [0.5, 0.6) is 0 Å². The molecule has 2 saturated heterocycles. The number of piperidine rings is 1. The zero-order chi connectivity index (χ0) is 20.9. The molecule has 1 aromatic carbocycles. The van der Waals surface area contributed by atoms with E-state index in [1.54, 1.807) is 17.0 Å². The summed E-state index contributed by atoms with van der Waals surface area (Å²) in [5.74, 6) is 0.144. The van der Waals surface area contributed by atoms with Gasteiger partial charge in [-0.1, -0.05) is 6.07 Å². The van der Waals surface area contributed by atoms with Gasteiger partial charge < -0.3 is 15.0 Å². The molecule has 0 aliphatic carbocycles. The first-order valence-electron chi connectivity index (χ1n) is 10.1. The standard InChI is InChI=1S/C20H29N3O5S/c1-15(24)21-13-16-7-9-23(10-8-16)20(25)17-4-2-6-19(12-17)29(26,27)22-14-18-5-3-11-28-18/h2,4,6,12,16,18,22H,3,5,7-11,13-14H2,1H3,(H,21,24). The molecule has 1 unspecified atom stereocenters. The van der Waals surface area contributed by atoms with Crippen LogP contribution in [0.15, 0.2) is 29.2 Å². The van der Waals surface area contributed by atoms with E-state index in [9.17, 15) is 18.0 Å². The van der Waals surface area contributed by atoms with Crippen molar-refractivity contribution in [3.8, 4) is 0 Å². The van der Waals surface area contributed by atoms with Crippen molar-refractivity contribution in [3.05, 3.63) is 29.8 Å². The Hall–Kier alpha value is -1.97. The minimum absolute atomic E-state index is 0.0466. The van der Waals surface area contributed by atoms with Crippen molar-refractivity contribution in [3.63, 3.8) is 0 Å². The molecule has 29 heavy (non-hydrogen) atoms. The largest absolute Gasteiger partial charge is 0.377 e. The third-order valence-electron chi connectivity index (χ3n) is 5.46. The van der Waals surface area contributed by atoms with Crippen molar-refractivity contribution in [2.24, 2.45) is 5.92 Å². The minimum atomic E-state index is -3.70. The topological polar surface area (TPSA) is 105 Å². The van der Waals surface area contributed by atoms with Crippen LogP contribution in [0, 0.1) is 5.92 Å². The van der Waals surface area contributed by atoms with Gasteiger partial charge >= 0.3 is 0 Å². The van der Waals surface area contributed by atoms with Crippen molar-refractivity contribution in [2.75, 3.05) is 32.8 Å². The molecule has 3 rings (SSSR count). The van der Waals surface area contributed by atoms with Gasteiger partial charge in [-0.15, -0.1) is 0 Å². The number of sulfonamides is 1. The predicted octanol–water partition coefficient (Wildman–Crippen LogP) is 1.13. The molecule has 2 amide bonds. The smallest absolute Gasteiger partial charge is 0.253 e. The Labute approximate surface area is 172 Å². The Bertz CT molecular complexity index is 828. The Balaban J connectivity index is 1.58. The van der Waals surface area contributed by atoms with Crippen molar-refractivity contribution < 1.29 is 22.7 Å². The maximum Gasteiger partial charge on any atom is 0.253 e. The van der Waals surface area contributed by atoms with Crippen LogP contribution in [0.4, 0.5) is 0 Å². The minimum Gasteiger partial charge on any atom is -0.377 e. The van der Waals surface area contributed by atoms with Gasteiger partial charge in [0.2, 0.25) is 15.9 Å². The number of benzene rings is 1. The van der Waals surface area contributed by atoms with Crippen molar-refractivity contribution in [1.82, 2.24) is 14.9 Å². The van der Waals surface area contributed by atoms with E-state index < -0.39 is 10.0 Å². The molecule has 1 aromatic rings. The number of hydrogen-bond donors (Lipinski definition) is 2. The first-order chi connectivity index (χ1) is 13.8. The van der Waals surface area contributed by atoms with Crippen molar-refractivity contribution in [2.45, 2.75) is 43.6 Å². The highest BCUT2D eigenvalue weighted by Crippen LogP contribution is 2.20. The summed E-state index contributed by atoms with van der Waals surface area (Å²) in [5, 5.41) is 2.82. The van der Waals surface area contributed by atoms with Crippen LogP contribution >= 0.6 is 0 Å². The van der Waals surface area contributed by atoms with Gasteiger partial charge in [0.25, 0.3) is 5.91 Å². The molecular formula is C20H29N3O5S. The zero-order valence-corrected chi connectivity index (χ0v) is 17.5. The first kappa shape index (κ1) is 21.7. The molecule has 2 N–H and O–H groups in total. The Morgan fingerprint density at radius 3 is 2.59 bits per heavy atom. The van der Waals surface area contributed by atoms with Gasteiger partial charge in [0.1, 0.15) is 0 Å². The molecule has 0 bridgehead atoms. The highest BCUT2D eigenvalue weighted by Gasteiger charge is 2.25. The maximum absolute atomic E-state index is 12.8. The fourth-order valence-corrected chi connectivity index (χ4v) is 4.81. The van der Waals surface area contributed by atoms with Gasteiger partial charge in [-0.25, -0.2) is 13.1 Å². The summed E-state index contributed by atoms with van der Waals surface area (Å²) in [6.45, 7) is 4.21. The number of ether oxygens (including phenoxy) is 1. The molecule has 2 fully saturated rings. The summed E-state index contributed by atoms with van der Waals surface area (Å²) in [7, 11) is -3.70. The van der Waals surface area contributed by atoms with Crippen LogP contribution in [0.3, 0.4) is 0 Å². The maximum atomic E-state index is 12.8. The van der Waals surface area contributed by atoms with Crippen molar-refractivity contribution >= 4 is 21.8 Å². The van der Waals surface area contributed by atoms with Crippen molar-refractivity contribution in [1.29, 1.82) is 0 Å². The molecule has 8 nitrogen and oxygen atoms in total. The highest BCUT2D eigenvalue weighted by atomic mass is 32.2. The Morgan fingerprint density at radius 2 is 1.93 bits per heavy atom. The van der Waals surface area contributed by atoms with Crippen LogP contribution in [0.1, 0.15) is 43.0 Å². The molecule has 1 atom stereocenters. The van der Waals surface area contributed by atoms with Gasteiger partial charge in [-0.2, -0.15) is 0 Å². The lowest BCUT2D eigenvalue weighted by Crippen LogP contribution is -2.41. The molecular weight excluding hydrogens is 394 g/mol. The van der Waals surface area contributed by atoms with E-state index in [2.05, 4.69) is 10.0 Å². The second kappa shape index (κ2) is 9.69. The number of rotatable bonds is 7. The van der Waals surface area contributed by atoms with Crippen LogP contribution in [0.2, 0.25) is 0 Å². The lowest BCUT2D eigenvalue weighted by Gasteiger charge is -2.32. The summed E-state index contributed by atoms with van der Waals surface area (Å²) >= 11 is 0. The third-order valence-corrected chi connectivity index (χ3v) is 6.88. The number of hydrogen-bond acceptors (Lipinski definition) is 5. The molecule has 2 heterocycles. The van der Waals surface area contributed by atoms with E-state index in [-0.39, 0.29) is 29.4 Å². The van der Waals surface area contributed by atoms with E-state index in [1.165, 1.54) is 19.1 Å². The summed E-state index contributed by atoms with van der Waals surface area (Å²) in [6.07, 6.45) is 3.32. The number of nitrogens with zero attached hydrogens (tertiary/aromatic N) is 1. The second-order valence-corrected chi connectivity index (χ2v) is 9.45. The first-order valence-corrected chi connectivity index (χ1v) is 11.6. The van der Waals surface area contributed by atoms with E-state index in [1.807, 2.05) is 0 Å². The molecule has 9 heteroatoms. The second-order valence-electron chi connectivity index (χ2n) is 7.69. The quantitative estimate of drug-likeness (QED) is 0.684. The number of carbonyl (C=O) groups excluding carboxylic acids is 2. The fourth-order valence-electron chi connectivity index (χ4n) is 3.70. The van der Waals surface area contributed by atoms with Crippen LogP contribution in [0.25, 0.3) is 0 Å². The lowest BCUT2D eigenvalue weighted by atomic mass is 9.96. The van der Waals surface area contributed by atoms with Gasteiger partial charge in [0, 0.05) is 45.3 Å². The monoisotopic (exact) mass is 423 g/mol. The fraction of sp³-hybridized carbons (Fsp3) is 0.600. The molecule has 0 aromatic heterocycles. The average Bonchev–Trinajstić information content (AvgIpc) is 3.24. The van der Waals surface area contributed by atoms with Gasteiger partial charge in [0.05, 0.1) is 11.0 Å². The predicted molar refractivity (Wildman–Crippen MR) is 108 cm³/mol. The summed E-state index contributed by atoms with van der Waals surface area (Å²) < 4.78 is 33.2.